The largest absolute Gasteiger partial charge is 0.493 e. The molecular weight excluding hydrogens is 429 g/mol. The number of aryl methyl sites for hydroxylation is 1. The van der Waals surface area contributed by atoms with Gasteiger partial charge in [0.2, 0.25) is 0 Å². The lowest BCUT2D eigenvalue weighted by Gasteiger charge is -2.54. The minimum Gasteiger partial charge on any atom is -0.493 e. The first-order valence-electron chi connectivity index (χ1n) is 11.4. The van der Waals surface area contributed by atoms with E-state index < -0.39 is 0 Å². The van der Waals surface area contributed by atoms with Crippen molar-refractivity contribution in [2.45, 2.75) is 58.2 Å². The molecule has 2 aromatic carbocycles. The summed E-state index contributed by atoms with van der Waals surface area (Å²) in [5.41, 5.74) is 3.52. The molecule has 168 valence electrons. The van der Waals surface area contributed by atoms with Gasteiger partial charge in [0.05, 0.1) is 12.1 Å². The van der Waals surface area contributed by atoms with E-state index in [1.807, 2.05) is 6.07 Å². The maximum atomic E-state index is 6.61. The van der Waals surface area contributed by atoms with Crippen LogP contribution in [0.2, 0.25) is 5.02 Å². The van der Waals surface area contributed by atoms with E-state index in [-0.39, 0.29) is 12.4 Å². The first-order chi connectivity index (χ1) is 14.6. The molecule has 0 saturated heterocycles. The highest BCUT2D eigenvalue weighted by Crippen LogP contribution is 2.53. The summed E-state index contributed by atoms with van der Waals surface area (Å²) in [7, 11) is 1.68. The maximum Gasteiger partial charge on any atom is 0.180 e. The van der Waals surface area contributed by atoms with Crippen LogP contribution in [0.1, 0.15) is 48.8 Å². The molecule has 4 saturated carbocycles. The van der Waals surface area contributed by atoms with Gasteiger partial charge in [-0.05, 0) is 86.0 Å². The summed E-state index contributed by atoms with van der Waals surface area (Å²) in [6.45, 7) is 3.39. The van der Waals surface area contributed by atoms with Crippen molar-refractivity contribution < 1.29 is 9.47 Å². The summed E-state index contributed by atoms with van der Waals surface area (Å²) in [6.07, 6.45) is 7.22. The van der Waals surface area contributed by atoms with Crippen LogP contribution < -0.4 is 14.8 Å². The second-order valence-corrected chi connectivity index (χ2v) is 10.1. The molecule has 0 aliphatic heterocycles. The zero-order valence-corrected chi connectivity index (χ0v) is 20.0. The Balaban J connectivity index is 0.00000231. The fourth-order valence-electron chi connectivity index (χ4n) is 6.35. The van der Waals surface area contributed by atoms with E-state index in [2.05, 4.69) is 42.6 Å². The zero-order chi connectivity index (χ0) is 20.7. The third kappa shape index (κ3) is 4.84. The molecule has 4 aliphatic carbocycles. The van der Waals surface area contributed by atoms with Crippen LogP contribution in [0, 0.1) is 30.6 Å². The molecule has 4 bridgehead atoms. The Morgan fingerprint density at radius 1 is 0.935 bits per heavy atom. The SMILES string of the molecule is COc1cc(CNC2C3CC4CC(C3)CC2C4)cc(Cl)c1OCc1ccc(C)cc1.Cl. The van der Waals surface area contributed by atoms with E-state index >= 15 is 0 Å². The van der Waals surface area contributed by atoms with Crippen LogP contribution in [0.25, 0.3) is 0 Å². The highest BCUT2D eigenvalue weighted by atomic mass is 35.5. The first-order valence-corrected chi connectivity index (χ1v) is 11.7. The van der Waals surface area contributed by atoms with Gasteiger partial charge < -0.3 is 14.8 Å². The molecule has 0 spiro atoms. The number of hydrogen-bond donors (Lipinski definition) is 1. The molecule has 0 heterocycles. The molecule has 1 N–H and O–H groups in total. The van der Waals surface area contributed by atoms with Crippen molar-refractivity contribution >= 4 is 24.0 Å². The van der Waals surface area contributed by atoms with Crippen LogP contribution in [0.4, 0.5) is 0 Å². The predicted octanol–water partition coefficient (Wildman–Crippen LogP) is 6.57. The molecule has 0 atom stereocenters. The summed E-state index contributed by atoms with van der Waals surface area (Å²) in [6, 6.07) is 13.1. The van der Waals surface area contributed by atoms with Crippen LogP contribution in [0.3, 0.4) is 0 Å². The van der Waals surface area contributed by atoms with Crippen molar-refractivity contribution in [2.75, 3.05) is 7.11 Å². The van der Waals surface area contributed by atoms with Crippen molar-refractivity contribution in [2.24, 2.45) is 23.7 Å². The van der Waals surface area contributed by atoms with E-state index in [9.17, 15) is 0 Å². The second-order valence-electron chi connectivity index (χ2n) is 9.72. The minimum atomic E-state index is 0. The van der Waals surface area contributed by atoms with Gasteiger partial charge in [-0.15, -0.1) is 12.4 Å². The normalized spacial score (nSPS) is 28.3. The molecule has 5 heteroatoms. The Bertz CT molecular complexity index is 871. The number of rotatable bonds is 7. The third-order valence-electron chi connectivity index (χ3n) is 7.56. The minimum absolute atomic E-state index is 0. The van der Waals surface area contributed by atoms with Crippen molar-refractivity contribution in [1.82, 2.24) is 5.32 Å². The lowest BCUT2D eigenvalue weighted by atomic mass is 9.54. The topological polar surface area (TPSA) is 30.5 Å². The first kappa shape index (κ1) is 22.8. The van der Waals surface area contributed by atoms with Crippen LogP contribution in [-0.4, -0.2) is 13.2 Å². The fraction of sp³-hybridized carbons (Fsp3) is 0.538. The Morgan fingerprint density at radius 2 is 1.58 bits per heavy atom. The summed E-state index contributed by atoms with van der Waals surface area (Å²) >= 11 is 6.61. The second kappa shape index (κ2) is 9.60. The molecule has 0 radical (unpaired) electrons. The molecule has 0 amide bonds. The molecule has 31 heavy (non-hydrogen) atoms. The lowest BCUT2D eigenvalue weighted by Crippen LogP contribution is -2.54. The van der Waals surface area contributed by atoms with Crippen molar-refractivity contribution in [3.8, 4) is 11.5 Å². The maximum absolute atomic E-state index is 6.61. The monoisotopic (exact) mass is 461 g/mol. The highest BCUT2D eigenvalue weighted by molar-refractivity contribution is 6.32. The highest BCUT2D eigenvalue weighted by Gasteiger charge is 2.47. The van der Waals surface area contributed by atoms with Crippen LogP contribution in [0.5, 0.6) is 11.5 Å². The van der Waals surface area contributed by atoms with Gasteiger partial charge in [0, 0.05) is 12.6 Å². The van der Waals surface area contributed by atoms with Gasteiger partial charge in [-0.25, -0.2) is 0 Å². The van der Waals surface area contributed by atoms with Gasteiger partial charge in [-0.3, -0.25) is 0 Å². The van der Waals surface area contributed by atoms with E-state index in [1.165, 1.54) is 37.7 Å². The number of ether oxygens (including phenoxy) is 2. The zero-order valence-electron chi connectivity index (χ0n) is 18.4. The average Bonchev–Trinajstić information content (AvgIpc) is 2.73. The summed E-state index contributed by atoms with van der Waals surface area (Å²) < 4.78 is 11.7. The number of benzene rings is 2. The van der Waals surface area contributed by atoms with Crippen molar-refractivity contribution in [3.63, 3.8) is 0 Å². The smallest absolute Gasteiger partial charge is 0.180 e. The number of nitrogens with one attached hydrogen (secondary N) is 1. The molecule has 0 aromatic heterocycles. The Labute approximate surface area is 197 Å². The molecule has 4 fully saturated rings. The fourth-order valence-corrected chi connectivity index (χ4v) is 6.64. The van der Waals surface area contributed by atoms with Gasteiger partial charge in [0.15, 0.2) is 11.5 Å². The van der Waals surface area contributed by atoms with Crippen molar-refractivity contribution in [3.05, 3.63) is 58.1 Å². The van der Waals surface area contributed by atoms with Crippen LogP contribution in [-0.2, 0) is 13.2 Å². The molecule has 0 unspecified atom stereocenters. The van der Waals surface area contributed by atoms with Gasteiger partial charge in [-0.1, -0.05) is 41.4 Å². The molecule has 4 aliphatic rings. The quantitative estimate of drug-likeness (QED) is 0.505. The predicted molar refractivity (Wildman–Crippen MR) is 128 cm³/mol. The number of hydrogen-bond acceptors (Lipinski definition) is 3. The Kier molecular flexibility index (Phi) is 7.05. The van der Waals surface area contributed by atoms with Crippen LogP contribution in [0.15, 0.2) is 36.4 Å². The van der Waals surface area contributed by atoms with Gasteiger partial charge >= 0.3 is 0 Å². The van der Waals surface area contributed by atoms with Crippen LogP contribution >= 0.6 is 24.0 Å². The van der Waals surface area contributed by atoms with E-state index in [1.54, 1.807) is 7.11 Å². The molecule has 3 nitrogen and oxygen atoms in total. The summed E-state index contributed by atoms with van der Waals surface area (Å²) in [5, 5.41) is 4.50. The number of halogens is 2. The molecule has 6 rings (SSSR count). The lowest BCUT2D eigenvalue weighted by molar-refractivity contribution is -0.0142. The van der Waals surface area contributed by atoms with Gasteiger partial charge in [0.1, 0.15) is 6.61 Å². The Morgan fingerprint density at radius 3 is 2.19 bits per heavy atom. The molecular formula is C26H33Cl2NO2. The van der Waals surface area contributed by atoms with Gasteiger partial charge in [0.25, 0.3) is 0 Å². The van der Waals surface area contributed by atoms with E-state index in [4.69, 9.17) is 21.1 Å². The van der Waals surface area contributed by atoms with Gasteiger partial charge in [-0.2, -0.15) is 0 Å². The number of methoxy groups -OCH3 is 1. The summed E-state index contributed by atoms with van der Waals surface area (Å²) in [4.78, 5) is 0. The average molecular weight is 462 g/mol. The standard InChI is InChI=1S/C26H32ClNO2.ClH/c1-16-3-5-17(6-4-16)15-30-26-23(27)12-20(13-24(26)29-2)14-28-25-21-8-18-7-19(10-21)11-22(25)9-18;/h3-6,12-13,18-19,21-22,25,28H,7-11,14-15H2,1-2H3;1H. The van der Waals surface area contributed by atoms with E-state index in [0.717, 1.165) is 41.3 Å². The summed E-state index contributed by atoms with van der Waals surface area (Å²) in [5.74, 6) is 5.08. The third-order valence-corrected chi connectivity index (χ3v) is 7.84. The van der Waals surface area contributed by atoms with E-state index in [0.29, 0.717) is 29.2 Å². The molecule has 2 aromatic rings. The van der Waals surface area contributed by atoms with Crippen molar-refractivity contribution in [1.29, 1.82) is 0 Å². The Hall–Kier alpha value is -1.42.